The molecule has 0 radical (unpaired) electrons. The molecule has 0 unspecified atom stereocenters. The molecule has 4 saturated carbocycles. The van der Waals surface area contributed by atoms with Crippen molar-refractivity contribution in [3.8, 4) is 0 Å². The highest BCUT2D eigenvalue weighted by atomic mass is 16.3. The van der Waals surface area contributed by atoms with Crippen LogP contribution < -0.4 is 16.4 Å². The van der Waals surface area contributed by atoms with Gasteiger partial charge >= 0.3 is 0 Å². The van der Waals surface area contributed by atoms with E-state index in [1.165, 1.54) is 57.8 Å². The van der Waals surface area contributed by atoms with Crippen molar-refractivity contribution >= 4 is 5.78 Å². The van der Waals surface area contributed by atoms with E-state index < -0.39 is 0 Å². The van der Waals surface area contributed by atoms with E-state index in [2.05, 4.69) is 38.0 Å². The summed E-state index contributed by atoms with van der Waals surface area (Å²) in [7, 11) is 0. The smallest absolute Gasteiger partial charge is 0.157 e. The highest BCUT2D eigenvalue weighted by molar-refractivity contribution is 5.94. The molecule has 0 saturated heterocycles. The Balaban J connectivity index is 1.31. The molecule has 4 rings (SSSR count). The Morgan fingerprint density at radius 1 is 1.00 bits per heavy atom. The van der Waals surface area contributed by atoms with Gasteiger partial charge in [-0.15, -0.1) is 0 Å². The van der Waals surface area contributed by atoms with Crippen LogP contribution in [0.15, 0.2) is 12.2 Å². The molecule has 0 heterocycles. The summed E-state index contributed by atoms with van der Waals surface area (Å²) >= 11 is 0. The molecule has 4 fully saturated rings. The summed E-state index contributed by atoms with van der Waals surface area (Å²) in [6.07, 6.45) is 14.9. The zero-order valence-corrected chi connectivity index (χ0v) is 25.8. The van der Waals surface area contributed by atoms with Gasteiger partial charge in [0.2, 0.25) is 0 Å². The van der Waals surface area contributed by atoms with E-state index >= 15 is 0 Å². The lowest BCUT2D eigenvalue weighted by Crippen LogP contribution is -2.59. The second kappa shape index (κ2) is 13.5. The molecule has 10 atom stereocenters. The molecule has 224 valence electrons. The van der Waals surface area contributed by atoms with Gasteiger partial charge < -0.3 is 21.5 Å². The molecule has 39 heavy (non-hydrogen) atoms. The average molecular weight is 544 g/mol. The minimum absolute atomic E-state index is 0.145. The van der Waals surface area contributed by atoms with Crippen molar-refractivity contribution < 1.29 is 9.90 Å². The first-order chi connectivity index (χ1) is 18.6. The van der Waals surface area contributed by atoms with Crippen molar-refractivity contribution in [2.75, 3.05) is 26.2 Å². The van der Waals surface area contributed by atoms with Crippen molar-refractivity contribution in [2.45, 2.75) is 123 Å². The molecule has 0 aromatic carbocycles. The molecular weight excluding hydrogens is 482 g/mol. The third-order valence-electron chi connectivity index (χ3n) is 12.5. The third kappa shape index (κ3) is 6.68. The molecule has 0 bridgehead atoms. The summed E-state index contributed by atoms with van der Waals surface area (Å²) in [4.78, 5) is 12.2. The fourth-order valence-electron chi connectivity index (χ4n) is 10.2. The van der Waals surface area contributed by atoms with Crippen molar-refractivity contribution in [2.24, 2.45) is 52.1 Å². The number of hydrogen-bond acceptors (Lipinski definition) is 5. The zero-order chi connectivity index (χ0) is 28.2. The summed E-state index contributed by atoms with van der Waals surface area (Å²) in [6.45, 7) is 17.3. The first-order valence-corrected chi connectivity index (χ1v) is 16.6. The van der Waals surface area contributed by atoms with E-state index in [0.29, 0.717) is 64.4 Å². The number of Topliss-reactive ketones (excluding diaryl/α,β-unsaturated/α-hetero) is 1. The highest BCUT2D eigenvalue weighted by Crippen LogP contribution is 2.68. The fourth-order valence-corrected chi connectivity index (χ4v) is 10.2. The predicted molar refractivity (Wildman–Crippen MR) is 162 cm³/mol. The van der Waals surface area contributed by atoms with E-state index in [9.17, 15) is 9.90 Å². The number of fused-ring (bicyclic) bond motifs is 5. The van der Waals surface area contributed by atoms with E-state index in [-0.39, 0.29) is 11.9 Å². The predicted octanol–water partition coefficient (Wildman–Crippen LogP) is 5.85. The monoisotopic (exact) mass is 543 g/mol. The Kier molecular flexibility index (Phi) is 10.8. The number of nitrogens with one attached hydrogen (secondary N) is 2. The van der Waals surface area contributed by atoms with Gasteiger partial charge in [-0.05, 0) is 162 Å². The van der Waals surface area contributed by atoms with Crippen molar-refractivity contribution in [3.05, 3.63) is 12.2 Å². The average Bonchev–Trinajstić information content (AvgIpc) is 3.26. The van der Waals surface area contributed by atoms with Crippen molar-refractivity contribution in [1.29, 1.82) is 0 Å². The Hall–Kier alpha value is -0.750. The van der Waals surface area contributed by atoms with E-state index in [1.54, 1.807) is 0 Å². The number of aliphatic hydroxyl groups is 1. The number of ketones is 1. The van der Waals surface area contributed by atoms with Crippen LogP contribution >= 0.6 is 0 Å². The summed E-state index contributed by atoms with van der Waals surface area (Å²) in [5, 5.41) is 19.1. The molecule has 5 nitrogen and oxygen atoms in total. The fraction of sp³-hybridized carbons (Fsp3) is 0.912. The van der Waals surface area contributed by atoms with E-state index in [0.717, 1.165) is 45.4 Å². The molecule has 5 heteroatoms. The van der Waals surface area contributed by atoms with Crippen LogP contribution in [0.1, 0.15) is 111 Å². The Morgan fingerprint density at radius 3 is 2.46 bits per heavy atom. The highest BCUT2D eigenvalue weighted by Gasteiger charge is 2.62. The van der Waals surface area contributed by atoms with Crippen LogP contribution in [0.4, 0.5) is 0 Å². The number of nitrogens with two attached hydrogens (primary N) is 1. The van der Waals surface area contributed by atoms with Crippen LogP contribution in [0.3, 0.4) is 0 Å². The van der Waals surface area contributed by atoms with Crippen molar-refractivity contribution in [1.82, 2.24) is 10.6 Å². The van der Waals surface area contributed by atoms with Gasteiger partial charge in [0.15, 0.2) is 5.78 Å². The van der Waals surface area contributed by atoms with Gasteiger partial charge in [0, 0.05) is 12.5 Å². The SMILES string of the molecule is C=C(C)C(=O)CC[C@@H](C)[C@H]1CC[C@H]2[C@@H]3[C@H](O)C[C@H]4C[C@@H](NCCCNCCCCN)CC[C@]4(C)[C@H]3CC[C@]12C. The van der Waals surface area contributed by atoms with Crippen LogP contribution in [0, 0.1) is 46.3 Å². The molecule has 0 spiro atoms. The van der Waals surface area contributed by atoms with Crippen molar-refractivity contribution in [3.63, 3.8) is 0 Å². The second-order valence-electron chi connectivity index (χ2n) is 14.8. The summed E-state index contributed by atoms with van der Waals surface area (Å²) in [6, 6.07) is 0.608. The lowest BCUT2D eigenvalue weighted by atomic mass is 9.43. The Bertz CT molecular complexity index is 831. The van der Waals surface area contributed by atoms with Gasteiger partial charge in [-0.2, -0.15) is 0 Å². The second-order valence-corrected chi connectivity index (χ2v) is 14.8. The lowest BCUT2D eigenvalue weighted by Gasteiger charge is -2.62. The van der Waals surface area contributed by atoms with Gasteiger partial charge in [-0.25, -0.2) is 0 Å². The number of aliphatic hydroxyl groups excluding tert-OH is 1. The minimum Gasteiger partial charge on any atom is -0.393 e. The number of unbranched alkanes of at least 4 members (excludes halogenated alkanes) is 1. The maximum atomic E-state index is 12.2. The maximum Gasteiger partial charge on any atom is 0.157 e. The van der Waals surface area contributed by atoms with Crippen LogP contribution in [-0.2, 0) is 4.79 Å². The molecule has 0 aromatic rings. The molecule has 0 aliphatic heterocycles. The topological polar surface area (TPSA) is 87.4 Å². The molecule has 5 N–H and O–H groups in total. The molecule has 4 aliphatic rings. The van der Waals surface area contributed by atoms with Gasteiger partial charge in [0.05, 0.1) is 6.10 Å². The number of carbonyl (C=O) groups excluding carboxylic acids is 1. The standard InChI is InChI=1S/C34H61N3O2/c1-23(2)30(38)12-9-24(3)27-10-11-28-32-29(14-16-34(27,28)5)33(4)15-13-26(21-25(33)22-31(32)39)37-20-8-19-36-18-7-6-17-35/h24-29,31-32,36-37,39H,1,6-22,35H2,2-5H3/t24-,25-,26+,27-,28+,29+,31-,32+,33+,34-/m1/s1. The number of carbonyl (C=O) groups is 1. The quantitative estimate of drug-likeness (QED) is 0.163. The normalized spacial score (nSPS) is 40.4. The summed E-state index contributed by atoms with van der Waals surface area (Å²) in [5.74, 6) is 3.88. The summed E-state index contributed by atoms with van der Waals surface area (Å²) < 4.78 is 0. The van der Waals surface area contributed by atoms with E-state index in [1.807, 2.05) is 6.92 Å². The van der Waals surface area contributed by atoms with Gasteiger partial charge in [-0.3, -0.25) is 4.79 Å². The minimum atomic E-state index is -0.145. The summed E-state index contributed by atoms with van der Waals surface area (Å²) in [5.41, 5.74) is 6.97. The van der Waals surface area contributed by atoms with Crippen LogP contribution in [0.25, 0.3) is 0 Å². The van der Waals surface area contributed by atoms with Gasteiger partial charge in [-0.1, -0.05) is 27.4 Å². The number of rotatable bonds is 14. The van der Waals surface area contributed by atoms with Gasteiger partial charge in [0.1, 0.15) is 0 Å². The molecule has 0 aromatic heterocycles. The Morgan fingerprint density at radius 2 is 1.72 bits per heavy atom. The maximum absolute atomic E-state index is 12.2. The first-order valence-electron chi connectivity index (χ1n) is 16.6. The molecular formula is C34H61N3O2. The lowest BCUT2D eigenvalue weighted by molar-refractivity contribution is -0.167. The van der Waals surface area contributed by atoms with E-state index in [4.69, 9.17) is 5.73 Å². The van der Waals surface area contributed by atoms with Gasteiger partial charge in [0.25, 0.3) is 0 Å². The zero-order valence-electron chi connectivity index (χ0n) is 25.8. The van der Waals surface area contributed by atoms with Crippen LogP contribution in [0.2, 0.25) is 0 Å². The number of allylic oxidation sites excluding steroid dienone is 1. The van der Waals surface area contributed by atoms with Crippen LogP contribution in [-0.4, -0.2) is 49.2 Å². The third-order valence-corrected chi connectivity index (χ3v) is 12.5. The molecule has 0 amide bonds. The first kappa shape index (κ1) is 31.2. The molecule has 4 aliphatic carbocycles. The van der Waals surface area contributed by atoms with Crippen LogP contribution in [0.5, 0.6) is 0 Å². The Labute approximate surface area is 239 Å². The number of hydrogen-bond donors (Lipinski definition) is 4. The largest absolute Gasteiger partial charge is 0.393 e.